The molecule has 7 nitrogen and oxygen atoms in total. The standard InChI is InChI=1S/C23H34N2O5S/c1-29-21-10-9-19(16-22(21)30-2)31(27,28)24-14-11-18(12-15-24)23(26)25-13-5-7-17-6-3-4-8-20(17)25/h9-10,16-18,20H,3-8,11-15H2,1-2H3. The largest absolute Gasteiger partial charge is 0.493 e. The summed E-state index contributed by atoms with van der Waals surface area (Å²) in [7, 11) is -0.631. The molecule has 0 aromatic heterocycles. The van der Waals surface area contributed by atoms with Crippen LogP contribution in [0.15, 0.2) is 23.1 Å². The smallest absolute Gasteiger partial charge is 0.243 e. The van der Waals surface area contributed by atoms with Crippen LogP contribution in [0.25, 0.3) is 0 Å². The van der Waals surface area contributed by atoms with Crippen molar-refractivity contribution in [2.24, 2.45) is 11.8 Å². The van der Waals surface area contributed by atoms with E-state index in [9.17, 15) is 13.2 Å². The minimum absolute atomic E-state index is 0.0717. The van der Waals surface area contributed by atoms with Crippen molar-refractivity contribution in [2.75, 3.05) is 33.9 Å². The Bertz CT molecular complexity index is 893. The minimum Gasteiger partial charge on any atom is -0.493 e. The minimum atomic E-state index is -3.64. The molecule has 4 rings (SSSR count). The number of sulfonamides is 1. The van der Waals surface area contributed by atoms with E-state index in [2.05, 4.69) is 4.90 Å². The number of carbonyl (C=O) groups excluding carboxylic acids is 1. The molecule has 2 aliphatic heterocycles. The van der Waals surface area contributed by atoms with Crippen LogP contribution in [0.3, 0.4) is 0 Å². The van der Waals surface area contributed by atoms with Gasteiger partial charge in [-0.3, -0.25) is 4.79 Å². The summed E-state index contributed by atoms with van der Waals surface area (Å²) in [5.41, 5.74) is 0. The second-order valence-electron chi connectivity index (χ2n) is 8.98. The average molecular weight is 451 g/mol. The summed E-state index contributed by atoms with van der Waals surface area (Å²) in [4.78, 5) is 15.7. The van der Waals surface area contributed by atoms with Gasteiger partial charge in [-0.05, 0) is 56.6 Å². The Morgan fingerprint density at radius 2 is 1.58 bits per heavy atom. The zero-order chi connectivity index (χ0) is 22.0. The molecule has 2 atom stereocenters. The normalized spacial score (nSPS) is 25.7. The Hall–Kier alpha value is -1.80. The van der Waals surface area contributed by atoms with E-state index in [4.69, 9.17) is 9.47 Å². The third-order valence-corrected chi connectivity index (χ3v) is 9.22. The lowest BCUT2D eigenvalue weighted by atomic mass is 9.77. The van der Waals surface area contributed by atoms with E-state index in [-0.39, 0.29) is 16.7 Å². The highest BCUT2D eigenvalue weighted by Crippen LogP contribution is 2.37. The van der Waals surface area contributed by atoms with Crippen molar-refractivity contribution in [3.63, 3.8) is 0 Å². The van der Waals surface area contributed by atoms with Crippen molar-refractivity contribution >= 4 is 15.9 Å². The van der Waals surface area contributed by atoms with Crippen LogP contribution in [0.1, 0.15) is 51.4 Å². The number of hydrogen-bond donors (Lipinski definition) is 0. The highest BCUT2D eigenvalue weighted by Gasteiger charge is 2.40. The van der Waals surface area contributed by atoms with E-state index in [0.717, 1.165) is 19.4 Å². The van der Waals surface area contributed by atoms with E-state index in [1.807, 2.05) is 0 Å². The van der Waals surface area contributed by atoms with Gasteiger partial charge in [0.15, 0.2) is 11.5 Å². The molecule has 172 valence electrons. The molecular formula is C23H34N2O5S. The van der Waals surface area contributed by atoms with E-state index >= 15 is 0 Å². The maximum Gasteiger partial charge on any atom is 0.243 e. The third-order valence-electron chi connectivity index (χ3n) is 7.32. The number of nitrogens with zero attached hydrogens (tertiary/aromatic N) is 2. The summed E-state index contributed by atoms with van der Waals surface area (Å²) in [5.74, 6) is 1.73. The summed E-state index contributed by atoms with van der Waals surface area (Å²) in [6, 6.07) is 5.06. The van der Waals surface area contributed by atoms with Gasteiger partial charge in [0.05, 0.1) is 19.1 Å². The highest BCUT2D eigenvalue weighted by atomic mass is 32.2. The molecule has 0 bridgehead atoms. The van der Waals surface area contributed by atoms with Crippen LogP contribution in [0.2, 0.25) is 0 Å². The maximum atomic E-state index is 13.3. The summed E-state index contributed by atoms with van der Waals surface area (Å²) >= 11 is 0. The second-order valence-corrected chi connectivity index (χ2v) is 10.9. The molecule has 31 heavy (non-hydrogen) atoms. The average Bonchev–Trinajstić information content (AvgIpc) is 2.82. The van der Waals surface area contributed by atoms with Crippen molar-refractivity contribution < 1.29 is 22.7 Å². The lowest BCUT2D eigenvalue weighted by Gasteiger charge is -2.46. The highest BCUT2D eigenvalue weighted by molar-refractivity contribution is 7.89. The van der Waals surface area contributed by atoms with Gasteiger partial charge >= 0.3 is 0 Å². The first-order chi connectivity index (χ1) is 15.0. The first kappa shape index (κ1) is 22.4. The number of fused-ring (bicyclic) bond motifs is 1. The van der Waals surface area contributed by atoms with Gasteiger partial charge in [-0.2, -0.15) is 4.31 Å². The summed E-state index contributed by atoms with van der Waals surface area (Å²) < 4.78 is 38.3. The predicted molar refractivity (Wildman–Crippen MR) is 118 cm³/mol. The van der Waals surface area contributed by atoms with Crippen molar-refractivity contribution in [3.8, 4) is 11.5 Å². The van der Waals surface area contributed by atoms with Gasteiger partial charge in [-0.1, -0.05) is 12.8 Å². The van der Waals surface area contributed by atoms with Gasteiger partial charge in [0, 0.05) is 37.7 Å². The summed E-state index contributed by atoms with van der Waals surface area (Å²) in [6.07, 6.45) is 8.39. The first-order valence-electron chi connectivity index (χ1n) is 11.5. The molecule has 3 fully saturated rings. The Labute approximate surface area is 185 Å². The Morgan fingerprint density at radius 1 is 0.903 bits per heavy atom. The van der Waals surface area contributed by atoms with Gasteiger partial charge in [-0.15, -0.1) is 0 Å². The SMILES string of the molecule is COc1ccc(S(=O)(=O)N2CCC(C(=O)N3CCCC4CCCCC43)CC2)cc1OC. The molecule has 0 spiro atoms. The van der Waals surface area contributed by atoms with Gasteiger partial charge in [0.1, 0.15) is 0 Å². The van der Waals surface area contributed by atoms with Crippen LogP contribution in [0, 0.1) is 11.8 Å². The van der Waals surface area contributed by atoms with Gasteiger partial charge < -0.3 is 14.4 Å². The molecule has 2 heterocycles. The molecule has 8 heteroatoms. The van der Waals surface area contributed by atoms with Crippen molar-refractivity contribution in [3.05, 3.63) is 18.2 Å². The molecule has 2 unspecified atom stereocenters. The fourth-order valence-corrected chi connectivity index (χ4v) is 7.09. The molecule has 1 amide bonds. The van der Waals surface area contributed by atoms with Crippen LogP contribution >= 0.6 is 0 Å². The quantitative estimate of drug-likeness (QED) is 0.688. The predicted octanol–water partition coefficient (Wildman–Crippen LogP) is 3.29. The molecule has 1 aliphatic carbocycles. The molecule has 3 aliphatic rings. The molecule has 2 saturated heterocycles. The van der Waals surface area contributed by atoms with E-state index in [1.165, 1.54) is 50.3 Å². The van der Waals surface area contributed by atoms with E-state index < -0.39 is 10.0 Å². The topological polar surface area (TPSA) is 76.2 Å². The van der Waals surface area contributed by atoms with Crippen LogP contribution in [-0.2, 0) is 14.8 Å². The maximum absolute atomic E-state index is 13.3. The van der Waals surface area contributed by atoms with Crippen molar-refractivity contribution in [1.29, 1.82) is 0 Å². The Kier molecular flexibility index (Phi) is 6.77. The van der Waals surface area contributed by atoms with Gasteiger partial charge in [0.25, 0.3) is 0 Å². The molecule has 0 radical (unpaired) electrons. The van der Waals surface area contributed by atoms with Crippen LogP contribution < -0.4 is 9.47 Å². The number of ether oxygens (including phenoxy) is 2. The van der Waals surface area contributed by atoms with Gasteiger partial charge in [0.2, 0.25) is 15.9 Å². The number of hydrogen-bond acceptors (Lipinski definition) is 5. The fourth-order valence-electron chi connectivity index (χ4n) is 5.60. The fraction of sp³-hybridized carbons (Fsp3) is 0.696. The molecule has 0 N–H and O–H groups in total. The second kappa shape index (κ2) is 9.36. The summed E-state index contributed by atoms with van der Waals surface area (Å²) in [5, 5.41) is 0. The van der Waals surface area contributed by atoms with Crippen LogP contribution in [0.5, 0.6) is 11.5 Å². The number of carbonyl (C=O) groups is 1. The van der Waals surface area contributed by atoms with E-state index in [0.29, 0.717) is 49.4 Å². The number of likely N-dealkylation sites (tertiary alicyclic amines) is 1. The Balaban J connectivity index is 1.41. The Morgan fingerprint density at radius 3 is 2.29 bits per heavy atom. The lowest BCUT2D eigenvalue weighted by molar-refractivity contribution is -0.143. The summed E-state index contributed by atoms with van der Waals surface area (Å²) in [6.45, 7) is 1.61. The number of methoxy groups -OCH3 is 2. The molecular weight excluding hydrogens is 416 g/mol. The number of benzene rings is 1. The van der Waals surface area contributed by atoms with Crippen LogP contribution in [0.4, 0.5) is 0 Å². The monoisotopic (exact) mass is 450 g/mol. The zero-order valence-corrected chi connectivity index (χ0v) is 19.4. The van der Waals surface area contributed by atoms with Crippen molar-refractivity contribution in [1.82, 2.24) is 9.21 Å². The van der Waals surface area contributed by atoms with Crippen molar-refractivity contribution in [2.45, 2.75) is 62.3 Å². The van der Waals surface area contributed by atoms with E-state index in [1.54, 1.807) is 12.1 Å². The molecule has 1 saturated carbocycles. The number of amides is 1. The lowest BCUT2D eigenvalue weighted by Crippen LogP contribution is -2.53. The van der Waals surface area contributed by atoms with Gasteiger partial charge in [-0.25, -0.2) is 8.42 Å². The molecule has 1 aromatic carbocycles. The molecule has 1 aromatic rings. The van der Waals surface area contributed by atoms with Crippen LogP contribution in [-0.4, -0.2) is 63.4 Å². The number of piperidine rings is 2. The third kappa shape index (κ3) is 4.42. The zero-order valence-electron chi connectivity index (χ0n) is 18.6. The number of rotatable bonds is 5. The first-order valence-corrected chi connectivity index (χ1v) is 12.9.